The maximum atomic E-state index is 11.6. The van der Waals surface area contributed by atoms with Crippen molar-refractivity contribution >= 4 is 29.0 Å². The first-order valence-corrected chi connectivity index (χ1v) is 9.18. The third-order valence-electron chi connectivity index (χ3n) is 4.89. The van der Waals surface area contributed by atoms with Crippen LogP contribution in [-0.2, 0) is 0 Å². The highest BCUT2D eigenvalue weighted by atomic mass is 16.1. The molecule has 8 nitrogen and oxygen atoms in total. The quantitative estimate of drug-likeness (QED) is 0.631. The maximum absolute atomic E-state index is 11.6. The summed E-state index contributed by atoms with van der Waals surface area (Å²) in [4.78, 5) is 27.0. The largest absolute Gasteiger partial charge is 0.366 e. The van der Waals surface area contributed by atoms with Crippen LogP contribution >= 0.6 is 0 Å². The van der Waals surface area contributed by atoms with Gasteiger partial charge in [-0.1, -0.05) is 12.1 Å². The summed E-state index contributed by atoms with van der Waals surface area (Å²) in [5.41, 5.74) is 8.69. The number of amides is 1. The van der Waals surface area contributed by atoms with Crippen molar-refractivity contribution in [3.8, 4) is 0 Å². The molecule has 5 rings (SSSR count). The van der Waals surface area contributed by atoms with Crippen molar-refractivity contribution in [3.63, 3.8) is 0 Å². The standard InChI is InChI=1S/C20H19N7O/c21-18(28)12-7-8-22-17(9-12)27-16-4-2-1-3-15(16)26-19(27)13-10-23-20(24-11-13)25-14-5-6-14/h1-4,7-11,14,19,26H,5-6H2,(H2,21,28)(H,23,24,25). The Morgan fingerprint density at radius 3 is 2.68 bits per heavy atom. The molecule has 8 heteroatoms. The van der Waals surface area contributed by atoms with Gasteiger partial charge in [-0.3, -0.25) is 9.69 Å². The van der Waals surface area contributed by atoms with E-state index in [4.69, 9.17) is 5.73 Å². The van der Waals surface area contributed by atoms with Crippen LogP contribution in [0.1, 0.15) is 34.9 Å². The molecule has 1 saturated carbocycles. The number of aromatic nitrogens is 3. The van der Waals surface area contributed by atoms with Crippen LogP contribution in [0.4, 0.5) is 23.1 Å². The predicted molar refractivity (Wildman–Crippen MR) is 106 cm³/mol. The van der Waals surface area contributed by atoms with E-state index in [1.807, 2.05) is 41.6 Å². The zero-order chi connectivity index (χ0) is 19.1. The average molecular weight is 373 g/mol. The van der Waals surface area contributed by atoms with Crippen molar-refractivity contribution < 1.29 is 4.79 Å². The highest BCUT2D eigenvalue weighted by Crippen LogP contribution is 2.45. The fourth-order valence-electron chi connectivity index (χ4n) is 3.31. The van der Waals surface area contributed by atoms with Crippen molar-refractivity contribution in [1.29, 1.82) is 0 Å². The summed E-state index contributed by atoms with van der Waals surface area (Å²) in [5.74, 6) is 0.778. The molecule has 28 heavy (non-hydrogen) atoms. The number of benzene rings is 1. The fraction of sp³-hybridized carbons (Fsp3) is 0.200. The molecule has 4 N–H and O–H groups in total. The molecule has 1 unspecified atom stereocenters. The number of hydrogen-bond acceptors (Lipinski definition) is 7. The third kappa shape index (κ3) is 2.98. The Hall–Kier alpha value is -3.68. The van der Waals surface area contributed by atoms with E-state index in [1.165, 1.54) is 12.8 Å². The van der Waals surface area contributed by atoms with E-state index in [-0.39, 0.29) is 6.17 Å². The van der Waals surface area contributed by atoms with Crippen molar-refractivity contribution in [2.75, 3.05) is 15.5 Å². The molecule has 0 bridgehead atoms. The van der Waals surface area contributed by atoms with E-state index < -0.39 is 5.91 Å². The molecule has 2 aromatic heterocycles. The van der Waals surface area contributed by atoms with Crippen LogP contribution in [0, 0.1) is 0 Å². The predicted octanol–water partition coefficient (Wildman–Crippen LogP) is 2.81. The van der Waals surface area contributed by atoms with E-state index >= 15 is 0 Å². The SMILES string of the molecule is NC(=O)c1ccnc(N2c3ccccc3NC2c2cnc(NC3CC3)nc2)c1. The first kappa shape index (κ1) is 16.5. The summed E-state index contributed by atoms with van der Waals surface area (Å²) in [5, 5.41) is 6.78. The molecule has 3 aromatic rings. The molecule has 1 aliphatic carbocycles. The number of pyridine rings is 1. The first-order chi connectivity index (χ1) is 13.7. The van der Waals surface area contributed by atoms with Crippen LogP contribution in [0.5, 0.6) is 0 Å². The Morgan fingerprint density at radius 2 is 1.93 bits per heavy atom. The molecule has 1 aromatic carbocycles. The smallest absolute Gasteiger partial charge is 0.248 e. The van der Waals surface area contributed by atoms with Crippen molar-refractivity contribution in [1.82, 2.24) is 15.0 Å². The van der Waals surface area contributed by atoms with Crippen LogP contribution in [-0.4, -0.2) is 26.9 Å². The number of nitrogens with one attached hydrogen (secondary N) is 2. The number of carbonyl (C=O) groups excluding carboxylic acids is 1. The highest BCUT2D eigenvalue weighted by molar-refractivity contribution is 5.94. The minimum atomic E-state index is -0.487. The molecular formula is C20H19N7O. The van der Waals surface area contributed by atoms with Crippen molar-refractivity contribution in [3.05, 3.63) is 66.1 Å². The van der Waals surface area contributed by atoms with Gasteiger partial charge in [-0.15, -0.1) is 0 Å². The Kier molecular flexibility index (Phi) is 3.82. The summed E-state index contributed by atoms with van der Waals surface area (Å²) in [6.45, 7) is 0. The lowest BCUT2D eigenvalue weighted by Crippen LogP contribution is -2.25. The number of primary amides is 1. The van der Waals surface area contributed by atoms with Gasteiger partial charge in [0.1, 0.15) is 12.0 Å². The van der Waals surface area contributed by atoms with Gasteiger partial charge < -0.3 is 16.4 Å². The van der Waals surface area contributed by atoms with Gasteiger partial charge in [0.2, 0.25) is 11.9 Å². The average Bonchev–Trinajstić information content (AvgIpc) is 3.45. The van der Waals surface area contributed by atoms with Gasteiger partial charge in [-0.25, -0.2) is 15.0 Å². The number of carbonyl (C=O) groups is 1. The molecule has 140 valence electrons. The topological polar surface area (TPSA) is 109 Å². The van der Waals surface area contributed by atoms with E-state index in [2.05, 4.69) is 25.6 Å². The molecule has 1 amide bonds. The number of nitrogens with zero attached hydrogens (tertiary/aromatic N) is 4. The van der Waals surface area contributed by atoms with Gasteiger partial charge >= 0.3 is 0 Å². The number of rotatable bonds is 5. The van der Waals surface area contributed by atoms with E-state index in [9.17, 15) is 4.79 Å². The van der Waals surface area contributed by atoms with Gasteiger partial charge in [0.25, 0.3) is 0 Å². The summed E-state index contributed by atoms with van der Waals surface area (Å²) in [6.07, 6.45) is 7.30. The van der Waals surface area contributed by atoms with Crippen molar-refractivity contribution in [2.24, 2.45) is 5.73 Å². The van der Waals surface area contributed by atoms with Crippen LogP contribution in [0.3, 0.4) is 0 Å². The molecule has 1 atom stereocenters. The minimum Gasteiger partial charge on any atom is -0.366 e. The fourth-order valence-corrected chi connectivity index (χ4v) is 3.31. The number of anilines is 4. The lowest BCUT2D eigenvalue weighted by molar-refractivity contribution is 0.1000. The Balaban J connectivity index is 1.53. The molecule has 3 heterocycles. The van der Waals surface area contributed by atoms with Gasteiger partial charge in [-0.05, 0) is 37.1 Å². The lowest BCUT2D eigenvalue weighted by atomic mass is 10.2. The Morgan fingerprint density at radius 1 is 1.14 bits per heavy atom. The van der Waals surface area contributed by atoms with E-state index in [1.54, 1.807) is 18.3 Å². The monoisotopic (exact) mass is 373 g/mol. The molecule has 0 saturated heterocycles. The van der Waals surface area contributed by atoms with E-state index in [0.29, 0.717) is 23.4 Å². The molecule has 1 fully saturated rings. The van der Waals surface area contributed by atoms with Crippen LogP contribution < -0.4 is 21.3 Å². The number of para-hydroxylation sites is 2. The Labute approximate surface area is 161 Å². The summed E-state index contributed by atoms with van der Waals surface area (Å²) >= 11 is 0. The van der Waals surface area contributed by atoms with Crippen LogP contribution in [0.15, 0.2) is 55.0 Å². The van der Waals surface area contributed by atoms with Gasteiger partial charge in [-0.2, -0.15) is 0 Å². The molecule has 0 radical (unpaired) electrons. The van der Waals surface area contributed by atoms with Gasteiger partial charge in [0, 0.05) is 35.8 Å². The number of hydrogen-bond donors (Lipinski definition) is 3. The zero-order valence-electron chi connectivity index (χ0n) is 15.0. The molecular weight excluding hydrogens is 354 g/mol. The normalized spacial score (nSPS) is 17.7. The summed E-state index contributed by atoms with van der Waals surface area (Å²) in [7, 11) is 0. The van der Waals surface area contributed by atoms with Gasteiger partial charge in [0.15, 0.2) is 0 Å². The minimum absolute atomic E-state index is 0.247. The van der Waals surface area contributed by atoms with Crippen LogP contribution in [0.2, 0.25) is 0 Å². The second-order valence-corrected chi connectivity index (χ2v) is 6.96. The third-order valence-corrected chi connectivity index (χ3v) is 4.89. The zero-order valence-corrected chi connectivity index (χ0v) is 15.0. The molecule has 1 aliphatic heterocycles. The first-order valence-electron chi connectivity index (χ1n) is 9.18. The maximum Gasteiger partial charge on any atom is 0.248 e. The van der Waals surface area contributed by atoms with Crippen molar-refractivity contribution in [2.45, 2.75) is 25.0 Å². The lowest BCUT2D eigenvalue weighted by Gasteiger charge is -2.26. The van der Waals surface area contributed by atoms with E-state index in [0.717, 1.165) is 16.9 Å². The second-order valence-electron chi connectivity index (χ2n) is 6.96. The second kappa shape index (κ2) is 6.49. The Bertz CT molecular complexity index is 1030. The van der Waals surface area contributed by atoms with Crippen LogP contribution in [0.25, 0.3) is 0 Å². The van der Waals surface area contributed by atoms with Gasteiger partial charge in [0.05, 0.1) is 11.4 Å². The summed E-state index contributed by atoms with van der Waals surface area (Å²) < 4.78 is 0. The number of nitrogens with two attached hydrogens (primary N) is 1. The molecule has 2 aliphatic rings. The molecule has 0 spiro atoms. The number of fused-ring (bicyclic) bond motifs is 1. The highest BCUT2D eigenvalue weighted by Gasteiger charge is 2.32. The summed E-state index contributed by atoms with van der Waals surface area (Å²) in [6, 6.07) is 11.7.